The van der Waals surface area contributed by atoms with Crippen molar-refractivity contribution in [1.29, 1.82) is 0 Å². The van der Waals surface area contributed by atoms with Gasteiger partial charge in [0.25, 0.3) is 5.56 Å². The Kier molecular flexibility index (Phi) is 4.44. The molecular weight excluding hydrogens is 279 g/mol. The summed E-state index contributed by atoms with van der Waals surface area (Å²) in [5.74, 6) is -0.982. The van der Waals surface area contributed by atoms with Gasteiger partial charge in [-0.1, -0.05) is 0 Å². The van der Waals surface area contributed by atoms with Crippen molar-refractivity contribution in [3.8, 4) is 11.3 Å². The van der Waals surface area contributed by atoms with Crippen molar-refractivity contribution in [3.05, 3.63) is 51.8 Å². The van der Waals surface area contributed by atoms with Crippen LogP contribution in [0.2, 0.25) is 0 Å². The van der Waals surface area contributed by atoms with E-state index in [0.29, 0.717) is 11.4 Å². The summed E-state index contributed by atoms with van der Waals surface area (Å²) in [4.78, 5) is 29.7. The monoisotopic (exact) mass is 292 g/mol. The van der Waals surface area contributed by atoms with Crippen molar-refractivity contribution in [1.82, 2.24) is 9.97 Å². The first kappa shape index (κ1) is 14.9. The van der Waals surface area contributed by atoms with Crippen LogP contribution in [0.15, 0.2) is 29.1 Å². The topological polar surface area (TPSA) is 81.3 Å². The Morgan fingerprint density at radius 3 is 2.71 bits per heavy atom. The molecule has 0 atom stereocenters. The normalized spacial score (nSPS) is 10.4. The molecule has 0 bridgehead atoms. The first-order valence-corrected chi connectivity index (χ1v) is 6.02. The number of rotatable bonds is 4. The number of nitrogens with zero attached hydrogens (tertiary/aromatic N) is 1. The van der Waals surface area contributed by atoms with Crippen molar-refractivity contribution >= 4 is 5.97 Å². The number of esters is 1. The standard InChI is InChI=1S/C14H13FN2O4/c1-20-7-12-16-11(6-13(18)17-12)8-3-9(14(19)21-2)5-10(15)4-8/h3-6H,7H2,1-2H3,(H,16,17,18). The fourth-order valence-electron chi connectivity index (χ4n) is 1.83. The third-order valence-corrected chi connectivity index (χ3v) is 2.69. The van der Waals surface area contributed by atoms with E-state index in [1.165, 1.54) is 32.4 Å². The second-order valence-electron chi connectivity index (χ2n) is 4.23. The third kappa shape index (κ3) is 3.51. The number of hydrogen-bond donors (Lipinski definition) is 1. The van der Waals surface area contributed by atoms with E-state index < -0.39 is 17.3 Å². The van der Waals surface area contributed by atoms with Gasteiger partial charge in [-0.3, -0.25) is 4.79 Å². The van der Waals surface area contributed by atoms with E-state index in [4.69, 9.17) is 4.74 Å². The van der Waals surface area contributed by atoms with E-state index in [1.54, 1.807) is 0 Å². The van der Waals surface area contributed by atoms with Gasteiger partial charge in [-0.05, 0) is 18.2 Å². The van der Waals surface area contributed by atoms with Crippen molar-refractivity contribution in [2.75, 3.05) is 14.2 Å². The zero-order valence-corrected chi connectivity index (χ0v) is 11.5. The Morgan fingerprint density at radius 2 is 2.05 bits per heavy atom. The molecule has 0 unspecified atom stereocenters. The van der Waals surface area contributed by atoms with Crippen LogP contribution in [0, 0.1) is 5.82 Å². The summed E-state index contributed by atoms with van der Waals surface area (Å²) >= 11 is 0. The van der Waals surface area contributed by atoms with Gasteiger partial charge >= 0.3 is 5.97 Å². The van der Waals surface area contributed by atoms with Gasteiger partial charge in [0, 0.05) is 18.7 Å². The minimum absolute atomic E-state index is 0.0443. The molecule has 0 aliphatic carbocycles. The average Bonchev–Trinajstić information content (AvgIpc) is 2.45. The SMILES string of the molecule is COCc1nc(-c2cc(F)cc(C(=O)OC)c2)cc(=O)[nH]1. The molecule has 1 N–H and O–H groups in total. The van der Waals surface area contributed by atoms with Crippen molar-refractivity contribution < 1.29 is 18.7 Å². The lowest BCUT2D eigenvalue weighted by atomic mass is 10.1. The Balaban J connectivity index is 2.53. The van der Waals surface area contributed by atoms with E-state index in [2.05, 4.69) is 14.7 Å². The number of ether oxygens (including phenoxy) is 2. The largest absolute Gasteiger partial charge is 0.465 e. The molecule has 1 heterocycles. The maximum atomic E-state index is 13.6. The van der Waals surface area contributed by atoms with E-state index in [9.17, 15) is 14.0 Å². The predicted octanol–water partition coefficient (Wildman–Crippen LogP) is 1.51. The molecule has 0 saturated carbocycles. The van der Waals surface area contributed by atoms with E-state index in [0.717, 1.165) is 6.07 Å². The van der Waals surface area contributed by atoms with Crippen molar-refractivity contribution in [3.63, 3.8) is 0 Å². The summed E-state index contributed by atoms with van der Waals surface area (Å²) in [6.45, 7) is 0.113. The minimum atomic E-state index is -0.669. The molecule has 2 aromatic rings. The van der Waals surface area contributed by atoms with Crippen LogP contribution in [0.1, 0.15) is 16.2 Å². The summed E-state index contributed by atoms with van der Waals surface area (Å²) in [6.07, 6.45) is 0. The molecule has 0 amide bonds. The second-order valence-corrected chi connectivity index (χ2v) is 4.23. The summed E-state index contributed by atoms with van der Waals surface area (Å²) in [7, 11) is 2.67. The number of aromatic nitrogens is 2. The first-order valence-electron chi connectivity index (χ1n) is 6.02. The van der Waals surface area contributed by atoms with Crippen LogP contribution >= 0.6 is 0 Å². The second kappa shape index (κ2) is 6.27. The highest BCUT2D eigenvalue weighted by atomic mass is 19.1. The number of nitrogens with one attached hydrogen (secondary N) is 1. The molecule has 21 heavy (non-hydrogen) atoms. The van der Waals surface area contributed by atoms with Gasteiger partial charge in [0.1, 0.15) is 18.2 Å². The molecular formula is C14H13FN2O4. The van der Waals surface area contributed by atoms with Gasteiger partial charge in [0.2, 0.25) is 0 Å². The molecule has 110 valence electrons. The molecule has 7 heteroatoms. The van der Waals surface area contributed by atoms with E-state index >= 15 is 0 Å². The number of aromatic amines is 1. The third-order valence-electron chi connectivity index (χ3n) is 2.69. The van der Waals surface area contributed by atoms with Crippen LogP contribution in [0.3, 0.4) is 0 Å². The summed E-state index contributed by atoms with van der Waals surface area (Å²) < 4.78 is 23.1. The summed E-state index contributed by atoms with van der Waals surface area (Å²) in [5.41, 5.74) is 0.202. The number of methoxy groups -OCH3 is 2. The Labute approximate surface area is 119 Å². The number of carbonyl (C=O) groups is 1. The first-order chi connectivity index (χ1) is 10.0. The van der Waals surface area contributed by atoms with E-state index in [-0.39, 0.29) is 17.9 Å². The highest BCUT2D eigenvalue weighted by Gasteiger charge is 2.12. The van der Waals surface area contributed by atoms with Gasteiger partial charge < -0.3 is 14.5 Å². The quantitative estimate of drug-likeness (QED) is 0.864. The Morgan fingerprint density at radius 1 is 1.29 bits per heavy atom. The molecule has 0 saturated heterocycles. The molecule has 0 radical (unpaired) electrons. The highest BCUT2D eigenvalue weighted by Crippen LogP contribution is 2.20. The maximum Gasteiger partial charge on any atom is 0.337 e. The number of benzene rings is 1. The lowest BCUT2D eigenvalue weighted by molar-refractivity contribution is 0.0600. The van der Waals surface area contributed by atoms with Crippen molar-refractivity contribution in [2.45, 2.75) is 6.61 Å². The summed E-state index contributed by atoms with van der Waals surface area (Å²) in [5, 5.41) is 0. The molecule has 0 aliphatic heterocycles. The number of hydrogen-bond acceptors (Lipinski definition) is 5. The molecule has 1 aromatic heterocycles. The van der Waals surface area contributed by atoms with Gasteiger partial charge in [0.05, 0.1) is 18.4 Å². The summed E-state index contributed by atoms with van der Waals surface area (Å²) in [6, 6.07) is 4.87. The van der Waals surface area contributed by atoms with E-state index in [1.807, 2.05) is 0 Å². The number of carbonyl (C=O) groups excluding carboxylic acids is 1. The molecule has 0 aliphatic rings. The van der Waals surface area contributed by atoms with Crippen LogP contribution in [0.25, 0.3) is 11.3 Å². The number of H-pyrrole nitrogens is 1. The lowest BCUT2D eigenvalue weighted by Crippen LogP contribution is -2.12. The van der Waals surface area contributed by atoms with Crippen LogP contribution in [0.4, 0.5) is 4.39 Å². The van der Waals surface area contributed by atoms with Crippen LogP contribution in [-0.2, 0) is 16.1 Å². The van der Waals surface area contributed by atoms with Gasteiger partial charge in [-0.15, -0.1) is 0 Å². The Bertz CT molecular complexity index is 727. The molecule has 2 rings (SSSR count). The lowest BCUT2D eigenvalue weighted by Gasteiger charge is -2.06. The fourth-order valence-corrected chi connectivity index (χ4v) is 1.83. The maximum absolute atomic E-state index is 13.6. The van der Waals surface area contributed by atoms with Gasteiger partial charge in [-0.2, -0.15) is 0 Å². The zero-order chi connectivity index (χ0) is 15.4. The molecule has 0 fully saturated rings. The predicted molar refractivity (Wildman–Crippen MR) is 72.3 cm³/mol. The zero-order valence-electron chi connectivity index (χ0n) is 11.5. The van der Waals surface area contributed by atoms with Crippen molar-refractivity contribution in [2.24, 2.45) is 0 Å². The van der Waals surface area contributed by atoms with Gasteiger partial charge in [-0.25, -0.2) is 14.2 Å². The van der Waals surface area contributed by atoms with Crippen LogP contribution in [-0.4, -0.2) is 30.2 Å². The fraction of sp³-hybridized carbons (Fsp3) is 0.214. The van der Waals surface area contributed by atoms with Crippen LogP contribution in [0.5, 0.6) is 0 Å². The average molecular weight is 292 g/mol. The molecule has 6 nitrogen and oxygen atoms in total. The minimum Gasteiger partial charge on any atom is -0.465 e. The van der Waals surface area contributed by atoms with Crippen LogP contribution < -0.4 is 5.56 Å². The molecule has 1 aromatic carbocycles. The Hall–Kier alpha value is -2.54. The number of halogens is 1. The highest BCUT2D eigenvalue weighted by molar-refractivity contribution is 5.90. The smallest absolute Gasteiger partial charge is 0.337 e. The molecule has 0 spiro atoms. The van der Waals surface area contributed by atoms with Gasteiger partial charge in [0.15, 0.2) is 0 Å².